The molecule has 2 bridgehead atoms. The van der Waals surface area contributed by atoms with Crippen LogP contribution in [0.25, 0.3) is 11.4 Å². The molecule has 5 rings (SSSR count). The predicted molar refractivity (Wildman–Crippen MR) is 114 cm³/mol. The quantitative estimate of drug-likeness (QED) is 0.519. The first-order valence-corrected chi connectivity index (χ1v) is 11.0. The monoisotopic (exact) mass is 471 g/mol. The summed E-state index contributed by atoms with van der Waals surface area (Å²) in [6, 6.07) is 4.38. The van der Waals surface area contributed by atoms with Crippen molar-refractivity contribution >= 4 is 5.91 Å². The Balaban J connectivity index is 1.42. The zero-order chi connectivity index (χ0) is 24.0. The van der Waals surface area contributed by atoms with E-state index in [1.165, 1.54) is 18.5 Å². The maximum absolute atomic E-state index is 14.9. The zero-order valence-corrected chi connectivity index (χ0v) is 18.3. The Morgan fingerprint density at radius 1 is 1.09 bits per heavy atom. The van der Waals surface area contributed by atoms with E-state index in [-0.39, 0.29) is 40.9 Å². The summed E-state index contributed by atoms with van der Waals surface area (Å²) < 4.78 is 53.3. The van der Waals surface area contributed by atoms with E-state index >= 15 is 0 Å². The van der Waals surface area contributed by atoms with Crippen molar-refractivity contribution in [3.63, 3.8) is 0 Å². The molecule has 10 heteroatoms. The lowest BCUT2D eigenvalue weighted by Crippen LogP contribution is -2.37. The first-order valence-electron chi connectivity index (χ1n) is 11.0. The van der Waals surface area contributed by atoms with Crippen LogP contribution in [0, 0.1) is 18.7 Å². The van der Waals surface area contributed by atoms with E-state index in [2.05, 4.69) is 19.9 Å². The van der Waals surface area contributed by atoms with Gasteiger partial charge in [-0.2, -0.15) is 13.2 Å². The number of amides is 1. The Kier molecular flexibility index (Phi) is 5.53. The summed E-state index contributed by atoms with van der Waals surface area (Å²) in [5.74, 6) is -0.648. The van der Waals surface area contributed by atoms with Crippen LogP contribution in [0.4, 0.5) is 17.6 Å². The molecular weight excluding hydrogens is 450 g/mol. The lowest BCUT2D eigenvalue weighted by molar-refractivity contribution is -0.141. The van der Waals surface area contributed by atoms with E-state index in [1.54, 1.807) is 19.1 Å². The van der Waals surface area contributed by atoms with Crippen LogP contribution >= 0.6 is 0 Å². The van der Waals surface area contributed by atoms with Crippen molar-refractivity contribution in [2.75, 3.05) is 0 Å². The van der Waals surface area contributed by atoms with E-state index in [0.29, 0.717) is 24.1 Å². The Hall–Kier alpha value is -3.43. The Labute approximate surface area is 193 Å². The Bertz CT molecular complexity index is 1220. The fourth-order valence-electron chi connectivity index (χ4n) is 5.26. The van der Waals surface area contributed by atoms with Crippen molar-refractivity contribution < 1.29 is 22.4 Å². The van der Waals surface area contributed by atoms with Gasteiger partial charge in [0.15, 0.2) is 11.5 Å². The summed E-state index contributed by atoms with van der Waals surface area (Å²) in [5.41, 5.74) is 0.391. The molecule has 4 heterocycles. The number of halogens is 4. The molecule has 176 valence electrons. The van der Waals surface area contributed by atoms with Crippen molar-refractivity contribution in [1.82, 2.24) is 24.8 Å². The van der Waals surface area contributed by atoms with Crippen LogP contribution in [0.2, 0.25) is 0 Å². The lowest BCUT2D eigenvalue weighted by atomic mass is 9.86. The molecule has 2 aliphatic rings. The normalized spacial score (nSPS) is 21.8. The van der Waals surface area contributed by atoms with Gasteiger partial charge in [-0.3, -0.25) is 9.78 Å². The molecule has 3 atom stereocenters. The third-order valence-electron chi connectivity index (χ3n) is 6.73. The average Bonchev–Trinajstić information content (AvgIpc) is 3.38. The van der Waals surface area contributed by atoms with Crippen molar-refractivity contribution in [1.29, 1.82) is 0 Å². The number of alkyl halides is 3. The minimum absolute atomic E-state index is 0.0166. The molecule has 2 saturated heterocycles. The number of hydrogen-bond acceptors (Lipinski definition) is 5. The number of fused-ring (bicyclic) bond motifs is 2. The molecule has 3 unspecified atom stereocenters. The van der Waals surface area contributed by atoms with Gasteiger partial charge in [-0.15, -0.1) is 0 Å². The molecule has 2 aliphatic heterocycles. The highest BCUT2D eigenvalue weighted by molar-refractivity contribution is 6.02. The second-order valence-corrected chi connectivity index (χ2v) is 8.79. The second-order valence-electron chi connectivity index (χ2n) is 8.79. The fraction of sp³-hybridized carbons (Fsp3) is 0.375. The van der Waals surface area contributed by atoms with Gasteiger partial charge in [-0.1, -0.05) is 6.07 Å². The van der Waals surface area contributed by atoms with E-state index in [4.69, 9.17) is 0 Å². The van der Waals surface area contributed by atoms with Crippen molar-refractivity contribution in [2.24, 2.45) is 5.92 Å². The van der Waals surface area contributed by atoms with Crippen LogP contribution < -0.4 is 0 Å². The average molecular weight is 471 g/mol. The summed E-state index contributed by atoms with van der Waals surface area (Å²) in [7, 11) is 0. The summed E-state index contributed by atoms with van der Waals surface area (Å²) in [4.78, 5) is 31.3. The minimum Gasteiger partial charge on any atom is -0.332 e. The molecule has 2 aromatic heterocycles. The molecule has 6 nitrogen and oxygen atoms in total. The number of carbonyl (C=O) groups excluding carboxylic acids is 1. The van der Waals surface area contributed by atoms with Crippen LogP contribution in [0.5, 0.6) is 0 Å². The molecule has 0 radical (unpaired) electrons. The van der Waals surface area contributed by atoms with Gasteiger partial charge in [0, 0.05) is 30.7 Å². The topological polar surface area (TPSA) is 71.9 Å². The summed E-state index contributed by atoms with van der Waals surface area (Å²) >= 11 is 0. The number of hydrogen-bond donors (Lipinski definition) is 0. The van der Waals surface area contributed by atoms with Crippen LogP contribution in [0.3, 0.4) is 0 Å². The van der Waals surface area contributed by atoms with Crippen LogP contribution in [-0.2, 0) is 12.6 Å². The van der Waals surface area contributed by atoms with E-state index < -0.39 is 17.7 Å². The SMILES string of the molecule is Cc1ccc(F)c(-c2ncccn2)c1C(=O)N1C2CCC1C(Cc1cnc(C(F)(F)F)cn1)C2. The van der Waals surface area contributed by atoms with Crippen molar-refractivity contribution in [3.05, 3.63) is 71.3 Å². The van der Waals surface area contributed by atoms with Gasteiger partial charge < -0.3 is 4.90 Å². The highest BCUT2D eigenvalue weighted by Gasteiger charge is 2.49. The predicted octanol–water partition coefficient (Wildman–Crippen LogP) is 4.64. The number of aromatic nitrogens is 4. The number of benzene rings is 1. The molecule has 2 fully saturated rings. The van der Waals surface area contributed by atoms with E-state index in [0.717, 1.165) is 25.2 Å². The van der Waals surface area contributed by atoms with Gasteiger partial charge in [0.25, 0.3) is 5.91 Å². The molecule has 0 aliphatic carbocycles. The maximum atomic E-state index is 14.9. The molecule has 3 aromatic rings. The highest BCUT2D eigenvalue weighted by atomic mass is 19.4. The number of rotatable bonds is 4. The van der Waals surface area contributed by atoms with E-state index in [9.17, 15) is 22.4 Å². The summed E-state index contributed by atoms with van der Waals surface area (Å²) in [5, 5.41) is 0. The van der Waals surface area contributed by atoms with Crippen LogP contribution in [-0.4, -0.2) is 42.8 Å². The summed E-state index contributed by atoms with van der Waals surface area (Å²) in [6.45, 7) is 1.76. The number of aryl methyl sites for hydroxylation is 1. The third kappa shape index (κ3) is 3.91. The second kappa shape index (κ2) is 8.41. The summed E-state index contributed by atoms with van der Waals surface area (Å²) in [6.07, 6.45) is 3.10. The van der Waals surface area contributed by atoms with Gasteiger partial charge in [-0.05, 0) is 56.2 Å². The molecule has 1 amide bonds. The first kappa shape index (κ1) is 22.4. The van der Waals surface area contributed by atoms with Gasteiger partial charge in [0.1, 0.15) is 5.82 Å². The van der Waals surface area contributed by atoms with Crippen LogP contribution in [0.15, 0.2) is 43.0 Å². The highest BCUT2D eigenvalue weighted by Crippen LogP contribution is 2.44. The van der Waals surface area contributed by atoms with Crippen molar-refractivity contribution in [3.8, 4) is 11.4 Å². The Morgan fingerprint density at radius 3 is 2.53 bits per heavy atom. The molecule has 0 spiro atoms. The molecule has 0 N–H and O–H groups in total. The minimum atomic E-state index is -4.54. The third-order valence-corrected chi connectivity index (χ3v) is 6.73. The number of carbonyl (C=O) groups is 1. The molecule has 1 aromatic carbocycles. The van der Waals surface area contributed by atoms with Gasteiger partial charge >= 0.3 is 6.18 Å². The smallest absolute Gasteiger partial charge is 0.332 e. The number of nitrogens with zero attached hydrogens (tertiary/aromatic N) is 5. The lowest BCUT2D eigenvalue weighted by Gasteiger charge is -2.26. The zero-order valence-electron chi connectivity index (χ0n) is 18.3. The van der Waals surface area contributed by atoms with Crippen molar-refractivity contribution in [2.45, 2.75) is 50.9 Å². The van der Waals surface area contributed by atoms with Gasteiger partial charge in [-0.25, -0.2) is 19.3 Å². The maximum Gasteiger partial charge on any atom is 0.434 e. The first-order chi connectivity index (χ1) is 16.2. The van der Waals surface area contributed by atoms with Gasteiger partial charge in [0.05, 0.1) is 23.0 Å². The molecular formula is C24H21F4N5O. The molecule has 34 heavy (non-hydrogen) atoms. The fourth-order valence-corrected chi connectivity index (χ4v) is 5.26. The standard InChI is InChI=1S/C24H21F4N5O/c1-13-3-5-17(25)21(22-29-7-2-8-30-22)20(13)23(34)33-16-4-6-18(33)14(10-16)9-15-11-32-19(12-31-15)24(26,27)28/h2-3,5,7-8,11-12,14,16,18H,4,6,9-10H2,1H3. The van der Waals surface area contributed by atoms with Gasteiger partial charge in [0.2, 0.25) is 0 Å². The van der Waals surface area contributed by atoms with E-state index in [1.807, 2.05) is 4.90 Å². The van der Waals surface area contributed by atoms with Crippen LogP contribution in [0.1, 0.15) is 46.6 Å². The largest absolute Gasteiger partial charge is 0.434 e. The Morgan fingerprint density at radius 2 is 1.85 bits per heavy atom. The molecule has 0 saturated carbocycles.